The maximum absolute atomic E-state index is 12.2. The Morgan fingerprint density at radius 3 is 2.52 bits per heavy atom. The van der Waals surface area contributed by atoms with E-state index in [0.717, 1.165) is 5.56 Å². The van der Waals surface area contributed by atoms with E-state index in [-0.39, 0.29) is 11.3 Å². The van der Waals surface area contributed by atoms with E-state index < -0.39 is 11.9 Å². The molecule has 108 valence electrons. The number of nitrogens with two attached hydrogens (primary N) is 1. The summed E-state index contributed by atoms with van der Waals surface area (Å²) >= 11 is 5.83. The van der Waals surface area contributed by atoms with Gasteiger partial charge in [0, 0.05) is 16.3 Å². The molecule has 2 aromatic rings. The number of carbonyl (C=O) groups is 2. The predicted octanol–water partition coefficient (Wildman–Crippen LogP) is 3.18. The van der Waals surface area contributed by atoms with Gasteiger partial charge in [0.1, 0.15) is 0 Å². The topological polar surface area (TPSA) is 92.4 Å². The minimum absolute atomic E-state index is 0.0344. The third-order valence-corrected chi connectivity index (χ3v) is 3.24. The average molecular weight is 305 g/mol. The number of benzene rings is 2. The summed E-state index contributed by atoms with van der Waals surface area (Å²) in [6, 6.07) is 9.05. The van der Waals surface area contributed by atoms with Gasteiger partial charge in [-0.1, -0.05) is 17.7 Å². The number of aromatic carboxylic acids is 1. The van der Waals surface area contributed by atoms with Gasteiger partial charge in [0.15, 0.2) is 0 Å². The molecule has 0 spiro atoms. The lowest BCUT2D eigenvalue weighted by molar-refractivity contribution is 0.0698. The number of halogens is 1. The highest BCUT2D eigenvalue weighted by Gasteiger charge is 2.14. The minimum atomic E-state index is -1.15. The molecule has 0 unspecified atom stereocenters. The SMILES string of the molecule is Cc1ccc(C(=O)Nc2cc(Cl)ccc2C(=O)O)cc1N. The number of nitrogen functional groups attached to an aromatic ring is 1. The van der Waals surface area contributed by atoms with E-state index in [1.807, 2.05) is 6.92 Å². The molecular formula is C15H13ClN2O3. The number of anilines is 2. The van der Waals surface area contributed by atoms with Crippen LogP contribution in [0.4, 0.5) is 11.4 Å². The maximum atomic E-state index is 12.2. The quantitative estimate of drug-likeness (QED) is 0.759. The molecule has 0 atom stereocenters. The van der Waals surface area contributed by atoms with Crippen LogP contribution < -0.4 is 11.1 Å². The fourth-order valence-electron chi connectivity index (χ4n) is 1.78. The summed E-state index contributed by atoms with van der Waals surface area (Å²) < 4.78 is 0. The van der Waals surface area contributed by atoms with Crippen LogP contribution >= 0.6 is 11.6 Å². The van der Waals surface area contributed by atoms with Crippen LogP contribution in [0, 0.1) is 6.92 Å². The van der Waals surface area contributed by atoms with Crippen LogP contribution in [0.15, 0.2) is 36.4 Å². The summed E-state index contributed by atoms with van der Waals surface area (Å²) in [6.45, 7) is 1.83. The Hall–Kier alpha value is -2.53. The first-order chi connectivity index (χ1) is 9.88. The Balaban J connectivity index is 2.33. The van der Waals surface area contributed by atoms with E-state index >= 15 is 0 Å². The number of carbonyl (C=O) groups excluding carboxylic acids is 1. The molecule has 0 aliphatic carbocycles. The standard InChI is InChI=1S/C15H13ClN2O3/c1-8-2-3-9(6-12(8)17)14(19)18-13-7-10(16)4-5-11(13)15(20)21/h2-7H,17H2,1H3,(H,18,19)(H,20,21). The van der Waals surface area contributed by atoms with Crippen molar-refractivity contribution in [3.8, 4) is 0 Å². The number of amides is 1. The summed E-state index contributed by atoms with van der Waals surface area (Å²) in [7, 11) is 0. The van der Waals surface area contributed by atoms with Crippen LogP contribution in [0.1, 0.15) is 26.3 Å². The van der Waals surface area contributed by atoms with Gasteiger partial charge in [-0.15, -0.1) is 0 Å². The van der Waals surface area contributed by atoms with Crippen molar-refractivity contribution in [2.24, 2.45) is 0 Å². The smallest absolute Gasteiger partial charge is 0.337 e. The predicted molar refractivity (Wildman–Crippen MR) is 82.0 cm³/mol. The van der Waals surface area contributed by atoms with Gasteiger partial charge in [-0.05, 0) is 42.8 Å². The van der Waals surface area contributed by atoms with Gasteiger partial charge in [-0.3, -0.25) is 4.79 Å². The molecule has 0 saturated carbocycles. The Labute approximate surface area is 126 Å². The van der Waals surface area contributed by atoms with E-state index in [0.29, 0.717) is 16.3 Å². The molecule has 0 saturated heterocycles. The third-order valence-electron chi connectivity index (χ3n) is 3.00. The normalized spacial score (nSPS) is 10.2. The fraction of sp³-hybridized carbons (Fsp3) is 0.0667. The van der Waals surface area contributed by atoms with Gasteiger partial charge in [0.05, 0.1) is 11.3 Å². The summed E-state index contributed by atoms with van der Waals surface area (Å²) in [4.78, 5) is 23.3. The maximum Gasteiger partial charge on any atom is 0.337 e. The minimum Gasteiger partial charge on any atom is -0.478 e. The van der Waals surface area contributed by atoms with Gasteiger partial charge in [0.2, 0.25) is 0 Å². The zero-order valence-electron chi connectivity index (χ0n) is 11.2. The largest absolute Gasteiger partial charge is 0.478 e. The molecule has 0 aliphatic rings. The van der Waals surface area contributed by atoms with Crippen molar-refractivity contribution >= 4 is 34.9 Å². The number of rotatable bonds is 3. The molecule has 0 bridgehead atoms. The summed E-state index contributed by atoms with van der Waals surface area (Å²) in [6.07, 6.45) is 0. The first kappa shape index (κ1) is 14.9. The molecular weight excluding hydrogens is 292 g/mol. The monoisotopic (exact) mass is 304 g/mol. The Kier molecular flexibility index (Phi) is 4.14. The van der Waals surface area contributed by atoms with Crippen LogP contribution in [0.2, 0.25) is 5.02 Å². The van der Waals surface area contributed by atoms with Crippen molar-refractivity contribution in [2.45, 2.75) is 6.92 Å². The van der Waals surface area contributed by atoms with Crippen LogP contribution in [0.25, 0.3) is 0 Å². The molecule has 21 heavy (non-hydrogen) atoms. The van der Waals surface area contributed by atoms with Crippen LogP contribution in [-0.2, 0) is 0 Å². The molecule has 6 heteroatoms. The van der Waals surface area contributed by atoms with E-state index in [4.69, 9.17) is 22.4 Å². The summed E-state index contributed by atoms with van der Waals surface area (Å²) in [5.41, 5.74) is 7.56. The second-order valence-electron chi connectivity index (χ2n) is 4.52. The zero-order chi connectivity index (χ0) is 15.6. The van der Waals surface area contributed by atoms with E-state index in [2.05, 4.69) is 5.32 Å². The highest BCUT2D eigenvalue weighted by atomic mass is 35.5. The Morgan fingerprint density at radius 1 is 1.19 bits per heavy atom. The summed E-state index contributed by atoms with van der Waals surface area (Å²) in [5, 5.41) is 12.0. The van der Waals surface area contributed by atoms with Crippen LogP contribution in [0.5, 0.6) is 0 Å². The van der Waals surface area contributed by atoms with Gasteiger partial charge in [-0.25, -0.2) is 4.79 Å². The average Bonchev–Trinajstić information content (AvgIpc) is 2.41. The lowest BCUT2D eigenvalue weighted by atomic mass is 10.1. The first-order valence-corrected chi connectivity index (χ1v) is 6.46. The van der Waals surface area contributed by atoms with Crippen molar-refractivity contribution in [2.75, 3.05) is 11.1 Å². The van der Waals surface area contributed by atoms with Crippen molar-refractivity contribution < 1.29 is 14.7 Å². The van der Waals surface area contributed by atoms with Crippen LogP contribution in [-0.4, -0.2) is 17.0 Å². The molecule has 1 amide bonds. The number of aryl methyl sites for hydroxylation is 1. The number of hydrogen-bond donors (Lipinski definition) is 3. The second kappa shape index (κ2) is 5.85. The zero-order valence-corrected chi connectivity index (χ0v) is 11.9. The molecule has 0 fully saturated rings. The number of nitrogens with one attached hydrogen (secondary N) is 1. The lowest BCUT2D eigenvalue weighted by Gasteiger charge is -2.10. The Bertz CT molecular complexity index is 729. The van der Waals surface area contributed by atoms with E-state index in [9.17, 15) is 9.59 Å². The Morgan fingerprint density at radius 2 is 1.90 bits per heavy atom. The van der Waals surface area contributed by atoms with Crippen molar-refractivity contribution in [1.29, 1.82) is 0 Å². The van der Waals surface area contributed by atoms with Gasteiger partial charge in [-0.2, -0.15) is 0 Å². The van der Waals surface area contributed by atoms with Crippen molar-refractivity contribution in [1.82, 2.24) is 0 Å². The molecule has 2 rings (SSSR count). The lowest BCUT2D eigenvalue weighted by Crippen LogP contribution is -2.15. The van der Waals surface area contributed by atoms with Crippen LogP contribution in [0.3, 0.4) is 0 Å². The highest BCUT2D eigenvalue weighted by molar-refractivity contribution is 6.31. The second-order valence-corrected chi connectivity index (χ2v) is 4.96. The number of carboxylic acids is 1. The first-order valence-electron chi connectivity index (χ1n) is 6.09. The number of carboxylic acid groups (broad SMARTS) is 1. The molecule has 5 nitrogen and oxygen atoms in total. The molecule has 0 aliphatic heterocycles. The number of hydrogen-bond acceptors (Lipinski definition) is 3. The van der Waals surface area contributed by atoms with Crippen molar-refractivity contribution in [3.05, 3.63) is 58.1 Å². The van der Waals surface area contributed by atoms with Gasteiger partial charge in [0.25, 0.3) is 5.91 Å². The highest BCUT2D eigenvalue weighted by Crippen LogP contribution is 2.22. The third kappa shape index (κ3) is 3.32. The molecule has 4 N–H and O–H groups in total. The molecule has 0 aromatic heterocycles. The fourth-order valence-corrected chi connectivity index (χ4v) is 1.95. The van der Waals surface area contributed by atoms with Gasteiger partial charge < -0.3 is 16.2 Å². The van der Waals surface area contributed by atoms with E-state index in [1.165, 1.54) is 24.3 Å². The summed E-state index contributed by atoms with van der Waals surface area (Å²) in [5.74, 6) is -1.60. The molecule has 0 heterocycles. The van der Waals surface area contributed by atoms with E-state index in [1.54, 1.807) is 12.1 Å². The molecule has 2 aromatic carbocycles. The van der Waals surface area contributed by atoms with Gasteiger partial charge >= 0.3 is 5.97 Å². The van der Waals surface area contributed by atoms with Crippen molar-refractivity contribution in [3.63, 3.8) is 0 Å². The molecule has 0 radical (unpaired) electrons.